The Hall–Kier alpha value is -1.58. The van der Waals surface area contributed by atoms with Gasteiger partial charge in [-0.05, 0) is 12.8 Å². The van der Waals surface area contributed by atoms with Crippen LogP contribution in [0.2, 0.25) is 0 Å². The van der Waals surface area contributed by atoms with E-state index in [2.05, 4.69) is 10.3 Å². The van der Waals surface area contributed by atoms with Crippen LogP contribution in [0.3, 0.4) is 0 Å². The Balaban J connectivity index is 1.99. The van der Waals surface area contributed by atoms with E-state index in [9.17, 15) is 9.59 Å². The minimum Gasteiger partial charge on any atom is -0.357 e. The van der Waals surface area contributed by atoms with Gasteiger partial charge in [0.15, 0.2) is 5.43 Å². The number of carbonyl (C=O) groups excluding carboxylic acids is 1. The van der Waals surface area contributed by atoms with Gasteiger partial charge in [-0.2, -0.15) is 0 Å². The van der Waals surface area contributed by atoms with Crippen molar-refractivity contribution < 1.29 is 4.79 Å². The quantitative estimate of drug-likeness (QED) is 0.792. The van der Waals surface area contributed by atoms with Crippen LogP contribution < -0.4 is 10.7 Å². The highest BCUT2D eigenvalue weighted by molar-refractivity contribution is 5.92. The summed E-state index contributed by atoms with van der Waals surface area (Å²) < 4.78 is 0. The first-order valence-corrected chi connectivity index (χ1v) is 5.75. The van der Waals surface area contributed by atoms with Gasteiger partial charge in [-0.3, -0.25) is 9.59 Å². The smallest absolute Gasteiger partial charge is 0.268 e. The first-order chi connectivity index (χ1) is 7.75. The Morgan fingerprint density at radius 3 is 2.75 bits per heavy atom. The van der Waals surface area contributed by atoms with Crippen LogP contribution in [0.15, 0.2) is 23.1 Å². The zero-order valence-electron chi connectivity index (χ0n) is 9.16. The molecule has 0 bridgehead atoms. The van der Waals surface area contributed by atoms with E-state index in [0.717, 1.165) is 12.8 Å². The molecule has 0 atom stereocenters. The first-order valence-electron chi connectivity index (χ1n) is 5.75. The largest absolute Gasteiger partial charge is 0.357 e. The van der Waals surface area contributed by atoms with E-state index in [1.807, 2.05) is 0 Å². The minimum atomic E-state index is -0.176. The number of hydrogen-bond donors (Lipinski definition) is 2. The topological polar surface area (TPSA) is 62.0 Å². The lowest BCUT2D eigenvalue weighted by Crippen LogP contribution is -2.36. The van der Waals surface area contributed by atoms with Crippen molar-refractivity contribution in [3.63, 3.8) is 0 Å². The molecule has 1 aromatic heterocycles. The normalized spacial score (nSPS) is 17.0. The second-order valence-electron chi connectivity index (χ2n) is 4.25. The molecule has 2 N–H and O–H groups in total. The lowest BCUT2D eigenvalue weighted by atomic mass is 9.95. The molecule has 1 heterocycles. The molecule has 0 aliphatic heterocycles. The lowest BCUT2D eigenvalue weighted by molar-refractivity contribution is 0.0922. The summed E-state index contributed by atoms with van der Waals surface area (Å²) in [6, 6.07) is 3.00. The summed E-state index contributed by atoms with van der Waals surface area (Å²) in [5, 5.41) is 2.95. The van der Waals surface area contributed by atoms with Crippen LogP contribution in [-0.2, 0) is 0 Å². The van der Waals surface area contributed by atoms with Crippen LogP contribution >= 0.6 is 0 Å². The van der Waals surface area contributed by atoms with E-state index in [0.29, 0.717) is 5.69 Å². The van der Waals surface area contributed by atoms with Crippen LogP contribution in [0.25, 0.3) is 0 Å². The summed E-state index contributed by atoms with van der Waals surface area (Å²) in [6.07, 6.45) is 7.20. The molecule has 4 heteroatoms. The Bertz CT molecular complexity index is 419. The molecule has 0 radical (unpaired) electrons. The van der Waals surface area contributed by atoms with Crippen LogP contribution in [0.4, 0.5) is 0 Å². The van der Waals surface area contributed by atoms with E-state index < -0.39 is 0 Å². The molecule has 1 amide bonds. The number of hydrogen-bond acceptors (Lipinski definition) is 2. The van der Waals surface area contributed by atoms with Crippen LogP contribution in [0.5, 0.6) is 0 Å². The molecule has 1 aliphatic rings. The van der Waals surface area contributed by atoms with Crippen molar-refractivity contribution in [2.24, 2.45) is 0 Å². The highest BCUT2D eigenvalue weighted by atomic mass is 16.2. The monoisotopic (exact) mass is 220 g/mol. The second-order valence-corrected chi connectivity index (χ2v) is 4.25. The van der Waals surface area contributed by atoms with E-state index in [1.54, 1.807) is 0 Å². The van der Waals surface area contributed by atoms with Gasteiger partial charge < -0.3 is 10.3 Å². The standard InChI is InChI=1S/C12H16N2O2/c15-10-6-7-13-11(8-10)12(16)14-9-4-2-1-3-5-9/h6-9H,1-5H2,(H,13,15)(H,14,16). The third-order valence-corrected chi connectivity index (χ3v) is 2.96. The number of pyridine rings is 1. The molecular weight excluding hydrogens is 204 g/mol. The van der Waals surface area contributed by atoms with Gasteiger partial charge in [0.05, 0.1) is 0 Å². The molecule has 0 unspecified atom stereocenters. The molecule has 86 valence electrons. The highest BCUT2D eigenvalue weighted by Gasteiger charge is 2.16. The van der Waals surface area contributed by atoms with E-state index >= 15 is 0 Å². The van der Waals surface area contributed by atoms with Gasteiger partial charge in [-0.25, -0.2) is 0 Å². The summed E-state index contributed by atoms with van der Waals surface area (Å²) in [6.45, 7) is 0. The van der Waals surface area contributed by atoms with Crippen LogP contribution in [0, 0.1) is 0 Å². The zero-order valence-corrected chi connectivity index (χ0v) is 9.16. The third kappa shape index (κ3) is 2.72. The Morgan fingerprint density at radius 2 is 2.06 bits per heavy atom. The van der Waals surface area contributed by atoms with Crippen molar-refractivity contribution in [1.29, 1.82) is 0 Å². The van der Waals surface area contributed by atoms with Gasteiger partial charge in [-0.1, -0.05) is 19.3 Å². The molecule has 0 aromatic carbocycles. The van der Waals surface area contributed by atoms with Crippen LogP contribution in [-0.4, -0.2) is 16.9 Å². The molecule has 2 rings (SSSR count). The van der Waals surface area contributed by atoms with E-state index in [1.165, 1.54) is 37.6 Å². The number of nitrogens with one attached hydrogen (secondary N) is 2. The molecule has 4 nitrogen and oxygen atoms in total. The summed E-state index contributed by atoms with van der Waals surface area (Å²) in [5.74, 6) is -0.176. The molecule has 0 spiro atoms. The molecule has 16 heavy (non-hydrogen) atoms. The number of rotatable bonds is 2. The summed E-state index contributed by atoms with van der Waals surface area (Å²) in [4.78, 5) is 25.7. The molecule has 1 aliphatic carbocycles. The first kappa shape index (κ1) is 10.9. The van der Waals surface area contributed by atoms with E-state index in [-0.39, 0.29) is 17.4 Å². The van der Waals surface area contributed by atoms with Crippen molar-refractivity contribution in [3.05, 3.63) is 34.2 Å². The van der Waals surface area contributed by atoms with Gasteiger partial charge in [0.2, 0.25) is 0 Å². The predicted molar refractivity (Wildman–Crippen MR) is 61.4 cm³/mol. The lowest BCUT2D eigenvalue weighted by Gasteiger charge is -2.22. The summed E-state index contributed by atoms with van der Waals surface area (Å²) in [5.41, 5.74) is 0.200. The van der Waals surface area contributed by atoms with E-state index in [4.69, 9.17) is 0 Å². The SMILES string of the molecule is O=C(NC1CCCCC1)c1cc(=O)cc[nH]1. The Labute approximate surface area is 94.1 Å². The van der Waals surface area contributed by atoms with Crippen LogP contribution in [0.1, 0.15) is 42.6 Å². The third-order valence-electron chi connectivity index (χ3n) is 2.96. The van der Waals surface area contributed by atoms with Gasteiger partial charge >= 0.3 is 0 Å². The maximum atomic E-state index is 11.8. The number of H-pyrrole nitrogens is 1. The number of aromatic nitrogens is 1. The van der Waals surface area contributed by atoms with Crippen molar-refractivity contribution >= 4 is 5.91 Å². The summed E-state index contributed by atoms with van der Waals surface area (Å²) in [7, 11) is 0. The predicted octanol–water partition coefficient (Wildman–Crippen LogP) is 1.44. The fourth-order valence-corrected chi connectivity index (χ4v) is 2.09. The van der Waals surface area contributed by atoms with Gasteiger partial charge in [-0.15, -0.1) is 0 Å². The molecule has 1 saturated carbocycles. The van der Waals surface area contributed by atoms with Crippen molar-refractivity contribution in [2.75, 3.05) is 0 Å². The molecular formula is C12H16N2O2. The highest BCUT2D eigenvalue weighted by Crippen LogP contribution is 2.17. The molecule has 0 saturated heterocycles. The number of aromatic amines is 1. The maximum absolute atomic E-state index is 11.8. The number of amides is 1. The average Bonchev–Trinajstić information content (AvgIpc) is 2.30. The Morgan fingerprint density at radius 1 is 1.31 bits per heavy atom. The average molecular weight is 220 g/mol. The Kier molecular flexibility index (Phi) is 3.39. The molecule has 1 fully saturated rings. The van der Waals surface area contributed by atoms with Crippen molar-refractivity contribution in [1.82, 2.24) is 10.3 Å². The second kappa shape index (κ2) is 4.96. The van der Waals surface area contributed by atoms with Gasteiger partial charge in [0.25, 0.3) is 5.91 Å². The zero-order chi connectivity index (χ0) is 11.4. The summed E-state index contributed by atoms with van der Waals surface area (Å²) >= 11 is 0. The number of carbonyl (C=O) groups is 1. The maximum Gasteiger partial charge on any atom is 0.268 e. The minimum absolute atomic E-state index is 0.146. The van der Waals surface area contributed by atoms with Gasteiger partial charge in [0.1, 0.15) is 5.69 Å². The fraction of sp³-hybridized carbons (Fsp3) is 0.500. The van der Waals surface area contributed by atoms with Crippen molar-refractivity contribution in [3.8, 4) is 0 Å². The van der Waals surface area contributed by atoms with Gasteiger partial charge in [0, 0.05) is 24.4 Å². The van der Waals surface area contributed by atoms with Crippen molar-refractivity contribution in [2.45, 2.75) is 38.1 Å². The fourth-order valence-electron chi connectivity index (χ4n) is 2.09. The molecule has 1 aromatic rings.